The smallest absolute Gasteiger partial charge is 0.178 e. The molecule has 0 bridgehead atoms. The van der Waals surface area contributed by atoms with Crippen LogP contribution in [0.5, 0.6) is 0 Å². The zero-order valence-electron chi connectivity index (χ0n) is 11.6. The van der Waals surface area contributed by atoms with E-state index in [4.69, 9.17) is 12.2 Å². The standard InChI is InChI=1S/C15H19BrN2S2/c1-20-15(7-3-2-4-8-15)10-18-13-6-5-11(16)9-12(13)17-14(18)19/h5-6,9H,2-4,7-8,10H2,1H3,(H,17,19). The van der Waals surface area contributed by atoms with E-state index in [0.29, 0.717) is 4.75 Å². The van der Waals surface area contributed by atoms with Gasteiger partial charge in [-0.05, 0) is 49.5 Å². The van der Waals surface area contributed by atoms with Gasteiger partial charge in [-0.2, -0.15) is 11.8 Å². The molecule has 108 valence electrons. The van der Waals surface area contributed by atoms with Crippen LogP contribution in [-0.4, -0.2) is 20.6 Å². The molecular weight excluding hydrogens is 352 g/mol. The Bertz CT molecular complexity index is 668. The Labute approximate surface area is 137 Å². The minimum absolute atomic E-state index is 0.360. The number of hydrogen-bond acceptors (Lipinski definition) is 2. The number of imidazole rings is 1. The van der Waals surface area contributed by atoms with Gasteiger partial charge in [0, 0.05) is 15.8 Å². The fourth-order valence-corrected chi connectivity index (χ4v) is 4.79. The Morgan fingerprint density at radius 3 is 2.80 bits per heavy atom. The van der Waals surface area contributed by atoms with E-state index in [1.54, 1.807) is 0 Å². The van der Waals surface area contributed by atoms with Crippen molar-refractivity contribution in [2.75, 3.05) is 6.26 Å². The lowest BCUT2D eigenvalue weighted by atomic mass is 9.88. The van der Waals surface area contributed by atoms with Crippen molar-refractivity contribution in [2.24, 2.45) is 0 Å². The van der Waals surface area contributed by atoms with Gasteiger partial charge in [0.2, 0.25) is 0 Å². The van der Waals surface area contributed by atoms with Gasteiger partial charge in [0.1, 0.15) is 0 Å². The summed E-state index contributed by atoms with van der Waals surface area (Å²) < 4.78 is 4.58. The minimum Gasteiger partial charge on any atom is -0.331 e. The van der Waals surface area contributed by atoms with E-state index in [0.717, 1.165) is 21.3 Å². The van der Waals surface area contributed by atoms with Crippen molar-refractivity contribution < 1.29 is 0 Å². The van der Waals surface area contributed by atoms with Crippen molar-refractivity contribution in [1.29, 1.82) is 0 Å². The molecule has 2 nitrogen and oxygen atoms in total. The van der Waals surface area contributed by atoms with Crippen LogP contribution in [0.4, 0.5) is 0 Å². The Balaban J connectivity index is 2.01. The summed E-state index contributed by atoms with van der Waals surface area (Å²) in [6, 6.07) is 6.35. The number of hydrogen-bond donors (Lipinski definition) is 1. The fraction of sp³-hybridized carbons (Fsp3) is 0.533. The molecule has 0 saturated heterocycles. The molecule has 1 aliphatic rings. The van der Waals surface area contributed by atoms with Crippen molar-refractivity contribution in [3.63, 3.8) is 0 Å². The van der Waals surface area contributed by atoms with Crippen molar-refractivity contribution in [1.82, 2.24) is 9.55 Å². The summed E-state index contributed by atoms with van der Waals surface area (Å²) in [6.07, 6.45) is 8.94. The highest BCUT2D eigenvalue weighted by atomic mass is 79.9. The Kier molecular flexibility index (Phi) is 4.29. The minimum atomic E-state index is 0.360. The normalized spacial score (nSPS) is 18.5. The molecule has 1 N–H and O–H groups in total. The average Bonchev–Trinajstić information content (AvgIpc) is 2.75. The number of nitrogens with one attached hydrogen (secondary N) is 1. The van der Waals surface area contributed by atoms with Gasteiger partial charge in [-0.25, -0.2) is 0 Å². The molecule has 1 aromatic heterocycles. The van der Waals surface area contributed by atoms with Crippen LogP contribution < -0.4 is 0 Å². The third-order valence-corrected chi connectivity index (χ3v) is 6.60. The first-order valence-electron chi connectivity index (χ1n) is 7.07. The highest BCUT2D eigenvalue weighted by Gasteiger charge is 2.32. The van der Waals surface area contributed by atoms with Crippen LogP contribution >= 0.6 is 39.9 Å². The maximum atomic E-state index is 5.55. The number of H-pyrrole nitrogens is 1. The molecule has 0 aliphatic heterocycles. The molecule has 0 spiro atoms. The molecule has 20 heavy (non-hydrogen) atoms. The van der Waals surface area contributed by atoms with Gasteiger partial charge >= 0.3 is 0 Å². The average molecular weight is 371 g/mol. The monoisotopic (exact) mass is 370 g/mol. The zero-order valence-corrected chi connectivity index (χ0v) is 14.8. The molecule has 1 fully saturated rings. The number of fused-ring (bicyclic) bond motifs is 1. The van der Waals surface area contributed by atoms with Gasteiger partial charge in [0.15, 0.2) is 4.77 Å². The third-order valence-electron chi connectivity index (χ3n) is 4.38. The molecule has 1 heterocycles. The first kappa shape index (κ1) is 14.7. The summed E-state index contributed by atoms with van der Waals surface area (Å²) in [4.78, 5) is 3.34. The second-order valence-corrected chi connectivity index (χ2v) is 8.20. The Morgan fingerprint density at radius 1 is 1.35 bits per heavy atom. The molecule has 0 unspecified atom stereocenters. The van der Waals surface area contributed by atoms with E-state index in [1.807, 2.05) is 11.8 Å². The van der Waals surface area contributed by atoms with Crippen molar-refractivity contribution in [3.05, 3.63) is 27.4 Å². The number of thioether (sulfide) groups is 1. The fourth-order valence-electron chi connectivity index (χ4n) is 3.20. The third kappa shape index (κ3) is 2.72. The lowest BCUT2D eigenvalue weighted by molar-refractivity contribution is 0.360. The Morgan fingerprint density at radius 2 is 2.10 bits per heavy atom. The molecule has 1 aromatic carbocycles. The first-order chi connectivity index (χ1) is 9.63. The van der Waals surface area contributed by atoms with Crippen molar-refractivity contribution >= 4 is 50.9 Å². The topological polar surface area (TPSA) is 20.7 Å². The summed E-state index contributed by atoms with van der Waals surface area (Å²) in [6.45, 7) is 1.02. The maximum absolute atomic E-state index is 5.55. The van der Waals surface area contributed by atoms with Gasteiger partial charge in [-0.15, -0.1) is 0 Å². The number of rotatable bonds is 3. The second kappa shape index (κ2) is 5.85. The van der Waals surface area contributed by atoms with Crippen molar-refractivity contribution in [2.45, 2.75) is 43.4 Å². The maximum Gasteiger partial charge on any atom is 0.178 e. The van der Waals surface area contributed by atoms with Crippen molar-refractivity contribution in [3.8, 4) is 0 Å². The van der Waals surface area contributed by atoms with Crippen LogP contribution in [0.1, 0.15) is 32.1 Å². The van der Waals surface area contributed by atoms with E-state index >= 15 is 0 Å². The van der Waals surface area contributed by atoms with Gasteiger partial charge in [-0.1, -0.05) is 35.2 Å². The number of aromatic nitrogens is 2. The van der Waals surface area contributed by atoms with Crippen LogP contribution in [0, 0.1) is 4.77 Å². The van der Waals surface area contributed by atoms with E-state index in [9.17, 15) is 0 Å². The van der Waals surface area contributed by atoms with E-state index in [-0.39, 0.29) is 0 Å². The summed E-state index contributed by atoms with van der Waals surface area (Å²) in [5, 5.41) is 0. The lowest BCUT2D eigenvalue weighted by Gasteiger charge is -2.36. The van der Waals surface area contributed by atoms with Crippen LogP contribution in [0.3, 0.4) is 0 Å². The molecular formula is C15H19BrN2S2. The van der Waals surface area contributed by atoms with E-state index in [2.05, 4.69) is 49.9 Å². The molecule has 1 saturated carbocycles. The van der Waals surface area contributed by atoms with Crippen LogP contribution in [0.15, 0.2) is 22.7 Å². The Hall–Kier alpha value is -0.260. The van der Waals surface area contributed by atoms with E-state index in [1.165, 1.54) is 37.6 Å². The molecule has 0 atom stereocenters. The largest absolute Gasteiger partial charge is 0.331 e. The molecule has 5 heteroatoms. The zero-order chi connectivity index (χ0) is 14.2. The molecule has 0 radical (unpaired) electrons. The number of nitrogens with zero attached hydrogens (tertiary/aromatic N) is 1. The predicted octanol–water partition coefficient (Wildman–Crippen LogP) is 5.53. The van der Waals surface area contributed by atoms with Crippen LogP contribution in [0.25, 0.3) is 11.0 Å². The van der Waals surface area contributed by atoms with Crippen LogP contribution in [-0.2, 0) is 6.54 Å². The predicted molar refractivity (Wildman–Crippen MR) is 94.2 cm³/mol. The molecule has 1 aliphatic carbocycles. The molecule has 3 rings (SSSR count). The van der Waals surface area contributed by atoms with Gasteiger partial charge in [-0.3, -0.25) is 0 Å². The summed E-state index contributed by atoms with van der Waals surface area (Å²) in [5.41, 5.74) is 2.34. The lowest BCUT2D eigenvalue weighted by Crippen LogP contribution is -2.33. The summed E-state index contributed by atoms with van der Waals surface area (Å²) >= 11 is 11.1. The van der Waals surface area contributed by atoms with Crippen LogP contribution in [0.2, 0.25) is 0 Å². The number of benzene rings is 1. The van der Waals surface area contributed by atoms with Gasteiger partial charge < -0.3 is 9.55 Å². The summed E-state index contributed by atoms with van der Waals surface area (Å²) in [5.74, 6) is 0. The first-order valence-corrected chi connectivity index (χ1v) is 9.49. The highest BCUT2D eigenvalue weighted by molar-refractivity contribution is 9.10. The summed E-state index contributed by atoms with van der Waals surface area (Å²) in [7, 11) is 0. The van der Waals surface area contributed by atoms with Gasteiger partial charge in [0.05, 0.1) is 11.0 Å². The molecule has 0 amide bonds. The number of halogens is 1. The SMILES string of the molecule is CSC1(Cn2c(=S)[nH]c3cc(Br)ccc32)CCCCC1. The van der Waals surface area contributed by atoms with E-state index < -0.39 is 0 Å². The second-order valence-electron chi connectivity index (χ2n) is 5.63. The number of aromatic amines is 1. The highest BCUT2D eigenvalue weighted by Crippen LogP contribution is 2.40. The quantitative estimate of drug-likeness (QED) is 0.717. The molecule has 2 aromatic rings. The van der Waals surface area contributed by atoms with Gasteiger partial charge in [0.25, 0.3) is 0 Å².